The Morgan fingerprint density at radius 2 is 1.81 bits per heavy atom. The van der Waals surface area contributed by atoms with Crippen LogP contribution in [-0.2, 0) is 0 Å². The van der Waals surface area contributed by atoms with E-state index in [4.69, 9.17) is 5.73 Å². The minimum absolute atomic E-state index is 0.648. The highest BCUT2D eigenvalue weighted by Gasteiger charge is 2.22. The number of rotatable bonds is 2. The number of hydrazone groups is 1. The van der Waals surface area contributed by atoms with E-state index in [-0.39, 0.29) is 0 Å². The van der Waals surface area contributed by atoms with E-state index in [0.717, 1.165) is 35.6 Å². The number of anilines is 2. The summed E-state index contributed by atoms with van der Waals surface area (Å²) in [5, 5.41) is 4.12. The van der Waals surface area contributed by atoms with E-state index in [1.54, 1.807) is 0 Å². The Kier molecular flexibility index (Phi) is 3.55. The fraction of sp³-hybridized carbons (Fsp3) is 0.125. The van der Waals surface area contributed by atoms with Gasteiger partial charge in [0.05, 0.1) is 11.4 Å². The summed E-state index contributed by atoms with van der Waals surface area (Å²) in [6.45, 7) is 0.806. The molecule has 21 heavy (non-hydrogen) atoms. The average molecular weight is 280 g/mol. The molecule has 1 heterocycles. The van der Waals surface area contributed by atoms with Crippen molar-refractivity contribution in [3.63, 3.8) is 0 Å². The monoisotopic (exact) mass is 280 g/mol. The zero-order chi connectivity index (χ0) is 14.7. The van der Waals surface area contributed by atoms with Gasteiger partial charge >= 0.3 is 6.03 Å². The van der Waals surface area contributed by atoms with Crippen LogP contribution in [0.25, 0.3) is 0 Å². The summed E-state index contributed by atoms with van der Waals surface area (Å²) in [6.07, 6.45) is 0.742. The quantitative estimate of drug-likeness (QED) is 0.830. The number of nitrogens with one attached hydrogen (secondary N) is 1. The standard InChI is InChI=1S/C16H16N4O/c17-16(21)19-18-14-10-11-20(12-6-2-1-3-7-12)15-9-5-4-8-13(14)15/h1-9H,10-11H2,(H3,17,19,21)/b18-14-. The summed E-state index contributed by atoms with van der Waals surface area (Å²) >= 11 is 0. The van der Waals surface area contributed by atoms with Crippen LogP contribution in [0.3, 0.4) is 0 Å². The highest BCUT2D eigenvalue weighted by Crippen LogP contribution is 2.33. The fourth-order valence-corrected chi connectivity index (χ4v) is 2.54. The second-order valence-electron chi connectivity index (χ2n) is 4.79. The topological polar surface area (TPSA) is 70.7 Å². The highest BCUT2D eigenvalue weighted by molar-refractivity contribution is 6.08. The van der Waals surface area contributed by atoms with Gasteiger partial charge in [0.25, 0.3) is 0 Å². The van der Waals surface area contributed by atoms with Gasteiger partial charge in [0.1, 0.15) is 0 Å². The zero-order valence-electron chi connectivity index (χ0n) is 11.5. The molecule has 0 unspecified atom stereocenters. The molecule has 0 bridgehead atoms. The third kappa shape index (κ3) is 2.72. The number of carbonyl (C=O) groups excluding carboxylic acids is 1. The molecule has 3 rings (SSSR count). The molecule has 106 valence electrons. The van der Waals surface area contributed by atoms with Gasteiger partial charge in [-0.15, -0.1) is 0 Å². The normalized spacial score (nSPS) is 15.6. The molecule has 0 spiro atoms. The lowest BCUT2D eigenvalue weighted by Crippen LogP contribution is -2.31. The van der Waals surface area contributed by atoms with Crippen molar-refractivity contribution in [1.82, 2.24) is 5.43 Å². The lowest BCUT2D eigenvalue weighted by Gasteiger charge is -2.32. The van der Waals surface area contributed by atoms with Crippen LogP contribution in [0.5, 0.6) is 0 Å². The summed E-state index contributed by atoms with van der Waals surface area (Å²) in [7, 11) is 0. The van der Waals surface area contributed by atoms with Gasteiger partial charge in [-0.2, -0.15) is 5.10 Å². The van der Waals surface area contributed by atoms with Crippen molar-refractivity contribution < 1.29 is 4.79 Å². The van der Waals surface area contributed by atoms with E-state index in [9.17, 15) is 4.79 Å². The van der Waals surface area contributed by atoms with E-state index in [0.29, 0.717) is 0 Å². The van der Waals surface area contributed by atoms with Gasteiger partial charge in [-0.25, -0.2) is 10.2 Å². The van der Waals surface area contributed by atoms with Crippen LogP contribution in [0.4, 0.5) is 16.2 Å². The third-order valence-electron chi connectivity index (χ3n) is 3.45. The van der Waals surface area contributed by atoms with Crippen molar-refractivity contribution in [2.45, 2.75) is 6.42 Å². The number of fused-ring (bicyclic) bond motifs is 1. The number of benzene rings is 2. The van der Waals surface area contributed by atoms with Gasteiger partial charge in [0.2, 0.25) is 0 Å². The number of urea groups is 1. The van der Waals surface area contributed by atoms with Gasteiger partial charge < -0.3 is 10.6 Å². The molecule has 5 nitrogen and oxygen atoms in total. The van der Waals surface area contributed by atoms with Gasteiger partial charge in [0, 0.05) is 24.2 Å². The Hall–Kier alpha value is -2.82. The number of carbonyl (C=O) groups is 1. The average Bonchev–Trinajstić information content (AvgIpc) is 2.53. The van der Waals surface area contributed by atoms with Gasteiger partial charge in [-0.3, -0.25) is 0 Å². The first kappa shape index (κ1) is 13.2. The predicted octanol–water partition coefficient (Wildman–Crippen LogP) is 2.60. The van der Waals surface area contributed by atoms with Gasteiger partial charge in [-0.05, 0) is 18.2 Å². The molecule has 0 atom stereocenters. The maximum absolute atomic E-state index is 10.8. The molecule has 2 aromatic carbocycles. The molecule has 3 N–H and O–H groups in total. The predicted molar refractivity (Wildman–Crippen MR) is 83.8 cm³/mol. The van der Waals surface area contributed by atoms with Crippen LogP contribution in [0.2, 0.25) is 0 Å². The second-order valence-corrected chi connectivity index (χ2v) is 4.79. The number of hydrogen-bond acceptors (Lipinski definition) is 3. The first-order chi connectivity index (χ1) is 10.3. The first-order valence-corrected chi connectivity index (χ1v) is 6.80. The van der Waals surface area contributed by atoms with E-state index in [2.05, 4.69) is 33.6 Å². The number of primary amides is 1. The number of nitrogens with two attached hydrogens (primary N) is 1. The van der Waals surface area contributed by atoms with E-state index in [1.165, 1.54) is 0 Å². The van der Waals surface area contributed by atoms with Crippen LogP contribution < -0.4 is 16.1 Å². The molecule has 2 aromatic rings. The summed E-state index contributed by atoms with van der Waals surface area (Å²) in [4.78, 5) is 13.1. The Bertz CT molecular complexity index is 682. The Balaban J connectivity index is 2.00. The second kappa shape index (κ2) is 5.66. The van der Waals surface area contributed by atoms with Crippen molar-refractivity contribution >= 4 is 23.1 Å². The lowest BCUT2D eigenvalue weighted by molar-refractivity contribution is 0.249. The Labute approximate surface area is 123 Å². The first-order valence-electron chi connectivity index (χ1n) is 6.80. The maximum Gasteiger partial charge on any atom is 0.332 e. The molecule has 0 saturated carbocycles. The zero-order valence-corrected chi connectivity index (χ0v) is 11.5. The van der Waals surface area contributed by atoms with E-state index in [1.807, 2.05) is 36.4 Å². The van der Waals surface area contributed by atoms with Crippen LogP contribution in [-0.4, -0.2) is 18.3 Å². The van der Waals surface area contributed by atoms with Crippen molar-refractivity contribution in [3.05, 3.63) is 60.2 Å². The molecule has 5 heteroatoms. The molecule has 0 aliphatic carbocycles. The third-order valence-corrected chi connectivity index (χ3v) is 3.45. The van der Waals surface area contributed by atoms with Crippen molar-refractivity contribution in [2.75, 3.05) is 11.4 Å². The fourth-order valence-electron chi connectivity index (χ4n) is 2.54. The van der Waals surface area contributed by atoms with Crippen LogP contribution in [0.15, 0.2) is 59.7 Å². The highest BCUT2D eigenvalue weighted by atomic mass is 16.2. The molecular formula is C16H16N4O. The maximum atomic E-state index is 10.8. The summed E-state index contributed by atoms with van der Waals surface area (Å²) in [5.41, 5.74) is 11.5. The van der Waals surface area contributed by atoms with Crippen LogP contribution in [0.1, 0.15) is 12.0 Å². The number of amides is 2. The largest absolute Gasteiger partial charge is 0.350 e. The minimum Gasteiger partial charge on any atom is -0.350 e. The van der Waals surface area contributed by atoms with Crippen LogP contribution in [0, 0.1) is 0 Å². The Morgan fingerprint density at radius 3 is 2.57 bits per heavy atom. The van der Waals surface area contributed by atoms with Crippen LogP contribution >= 0.6 is 0 Å². The summed E-state index contributed by atoms with van der Waals surface area (Å²) < 4.78 is 0. The summed E-state index contributed by atoms with van der Waals surface area (Å²) in [6, 6.07) is 17.6. The molecule has 1 aliphatic rings. The SMILES string of the molecule is NC(=O)N/N=C1/CCN(c2ccccc2)c2ccccc21. The molecular weight excluding hydrogens is 264 g/mol. The molecule has 0 radical (unpaired) electrons. The Morgan fingerprint density at radius 1 is 1.10 bits per heavy atom. The molecule has 0 fully saturated rings. The van der Waals surface area contributed by atoms with Crippen molar-refractivity contribution in [2.24, 2.45) is 10.8 Å². The molecule has 0 aromatic heterocycles. The van der Waals surface area contributed by atoms with Gasteiger partial charge in [0.15, 0.2) is 0 Å². The smallest absolute Gasteiger partial charge is 0.332 e. The van der Waals surface area contributed by atoms with E-state index >= 15 is 0 Å². The minimum atomic E-state index is -0.648. The van der Waals surface area contributed by atoms with E-state index < -0.39 is 6.03 Å². The number of hydrogen-bond donors (Lipinski definition) is 2. The summed E-state index contributed by atoms with van der Waals surface area (Å²) in [5.74, 6) is 0. The number of nitrogens with zero attached hydrogens (tertiary/aromatic N) is 2. The van der Waals surface area contributed by atoms with Gasteiger partial charge in [-0.1, -0.05) is 36.4 Å². The molecule has 1 aliphatic heterocycles. The van der Waals surface area contributed by atoms with Crippen molar-refractivity contribution in [3.8, 4) is 0 Å². The lowest BCUT2D eigenvalue weighted by atomic mass is 9.99. The number of para-hydroxylation sites is 2. The van der Waals surface area contributed by atoms with Crippen molar-refractivity contribution in [1.29, 1.82) is 0 Å². The molecule has 0 saturated heterocycles. The molecule has 2 amide bonds.